The van der Waals surface area contributed by atoms with Crippen molar-refractivity contribution in [1.29, 1.82) is 0 Å². The van der Waals surface area contributed by atoms with E-state index in [1.165, 1.54) is 11.3 Å². The van der Waals surface area contributed by atoms with E-state index in [0.29, 0.717) is 18.0 Å². The minimum Gasteiger partial charge on any atom is -0.491 e. The topological polar surface area (TPSA) is 51.2 Å². The van der Waals surface area contributed by atoms with Gasteiger partial charge in [-0.2, -0.15) is 0 Å². The van der Waals surface area contributed by atoms with Crippen molar-refractivity contribution in [3.63, 3.8) is 0 Å². The number of rotatable bonds is 6. The van der Waals surface area contributed by atoms with Crippen LogP contribution in [-0.2, 0) is 0 Å². The molecule has 0 saturated carbocycles. The summed E-state index contributed by atoms with van der Waals surface area (Å²) in [5, 5.41) is 5.73. The molecule has 2 heterocycles. The molecule has 1 N–H and O–H groups in total. The number of hydrogen-bond acceptors (Lipinski definition) is 5. The minimum absolute atomic E-state index is 0.112. The average molecular weight is 344 g/mol. The van der Waals surface area contributed by atoms with Crippen LogP contribution in [0.5, 0.6) is 5.75 Å². The molecular weight excluding hydrogens is 328 g/mol. The molecule has 23 heavy (non-hydrogen) atoms. The number of nitrogens with zero attached hydrogens (tertiary/aromatic N) is 1. The molecule has 0 radical (unpaired) electrons. The lowest BCUT2D eigenvalue weighted by Crippen LogP contribution is -2.27. The van der Waals surface area contributed by atoms with E-state index in [0.717, 1.165) is 21.2 Å². The van der Waals surface area contributed by atoms with Crippen LogP contribution in [0.15, 0.2) is 48.0 Å². The van der Waals surface area contributed by atoms with Gasteiger partial charge in [0.25, 0.3) is 5.91 Å². The first kappa shape index (κ1) is 15.7. The number of carbonyl (C=O) groups excluding carboxylic acids is 1. The number of benzene rings is 1. The van der Waals surface area contributed by atoms with E-state index in [1.807, 2.05) is 48.7 Å². The summed E-state index contributed by atoms with van der Waals surface area (Å²) < 4.78 is 5.66. The van der Waals surface area contributed by atoms with Crippen LogP contribution in [0.2, 0.25) is 0 Å². The zero-order valence-electron chi connectivity index (χ0n) is 12.6. The van der Waals surface area contributed by atoms with Gasteiger partial charge in [-0.05, 0) is 30.0 Å². The van der Waals surface area contributed by atoms with Crippen molar-refractivity contribution in [2.75, 3.05) is 13.2 Å². The molecule has 2 aromatic heterocycles. The highest BCUT2D eigenvalue weighted by atomic mass is 32.1. The Balaban J connectivity index is 1.49. The smallest absolute Gasteiger partial charge is 0.263 e. The Kier molecular flexibility index (Phi) is 5.05. The van der Waals surface area contributed by atoms with Crippen LogP contribution in [0.25, 0.3) is 9.88 Å². The zero-order chi connectivity index (χ0) is 16.1. The molecule has 3 aromatic rings. The van der Waals surface area contributed by atoms with Crippen molar-refractivity contribution in [2.45, 2.75) is 6.92 Å². The third kappa shape index (κ3) is 3.97. The maximum atomic E-state index is 12.1. The van der Waals surface area contributed by atoms with Gasteiger partial charge in [0.1, 0.15) is 22.2 Å². The molecule has 1 aromatic carbocycles. The highest BCUT2D eigenvalue weighted by Crippen LogP contribution is 2.28. The van der Waals surface area contributed by atoms with Gasteiger partial charge in [0.2, 0.25) is 0 Å². The van der Waals surface area contributed by atoms with Crippen molar-refractivity contribution in [3.05, 3.63) is 58.4 Å². The monoisotopic (exact) mass is 344 g/mol. The summed E-state index contributed by atoms with van der Waals surface area (Å²) in [6.45, 7) is 2.89. The number of ether oxygens (including phenoxy) is 1. The standard InChI is InChI=1S/C17H16N2O2S2/c1-12-5-2-3-6-13(12)21-9-8-18-16(20)15-11-19-17(23-15)14-7-4-10-22-14/h2-7,10-11H,8-9H2,1H3,(H,18,20). The molecule has 4 nitrogen and oxygen atoms in total. The average Bonchev–Trinajstić information content (AvgIpc) is 3.23. The van der Waals surface area contributed by atoms with Crippen molar-refractivity contribution >= 4 is 28.6 Å². The maximum absolute atomic E-state index is 12.1. The molecule has 0 unspecified atom stereocenters. The Morgan fingerprint density at radius 2 is 2.13 bits per heavy atom. The Morgan fingerprint density at radius 3 is 2.91 bits per heavy atom. The molecule has 0 fully saturated rings. The number of aromatic nitrogens is 1. The van der Waals surface area contributed by atoms with Crippen LogP contribution in [0.4, 0.5) is 0 Å². The number of hydrogen-bond donors (Lipinski definition) is 1. The number of thiophene rings is 1. The van der Waals surface area contributed by atoms with Crippen molar-refractivity contribution in [1.82, 2.24) is 10.3 Å². The van der Waals surface area contributed by atoms with E-state index in [2.05, 4.69) is 10.3 Å². The first-order valence-electron chi connectivity index (χ1n) is 7.20. The summed E-state index contributed by atoms with van der Waals surface area (Å²) in [5.74, 6) is 0.734. The second kappa shape index (κ2) is 7.39. The lowest BCUT2D eigenvalue weighted by molar-refractivity contribution is 0.0951. The number of thiazole rings is 1. The largest absolute Gasteiger partial charge is 0.491 e. The van der Waals surface area contributed by atoms with E-state index in [1.54, 1.807) is 17.5 Å². The minimum atomic E-state index is -0.112. The fraction of sp³-hybridized carbons (Fsp3) is 0.176. The molecule has 0 atom stereocenters. The summed E-state index contributed by atoms with van der Waals surface area (Å²) >= 11 is 3.02. The van der Waals surface area contributed by atoms with Crippen molar-refractivity contribution in [3.8, 4) is 15.6 Å². The third-order valence-corrected chi connectivity index (χ3v) is 5.24. The zero-order valence-corrected chi connectivity index (χ0v) is 14.2. The molecule has 0 aliphatic carbocycles. The summed E-state index contributed by atoms with van der Waals surface area (Å²) in [6.07, 6.45) is 1.62. The van der Waals surface area contributed by atoms with E-state index >= 15 is 0 Å². The van der Waals surface area contributed by atoms with Crippen molar-refractivity contribution < 1.29 is 9.53 Å². The second-order valence-electron chi connectivity index (χ2n) is 4.88. The highest BCUT2D eigenvalue weighted by molar-refractivity contribution is 7.21. The number of para-hydroxylation sites is 1. The molecule has 6 heteroatoms. The number of amides is 1. The van der Waals surface area contributed by atoms with E-state index in [-0.39, 0.29) is 5.91 Å². The second-order valence-corrected chi connectivity index (χ2v) is 6.86. The van der Waals surface area contributed by atoms with E-state index < -0.39 is 0 Å². The van der Waals surface area contributed by atoms with E-state index in [4.69, 9.17) is 4.74 Å². The molecule has 0 aliphatic heterocycles. The maximum Gasteiger partial charge on any atom is 0.263 e. The molecule has 118 valence electrons. The molecular formula is C17H16N2O2S2. The number of nitrogens with one attached hydrogen (secondary N) is 1. The molecule has 0 spiro atoms. The first-order chi connectivity index (χ1) is 11.2. The fourth-order valence-corrected chi connectivity index (χ4v) is 3.66. The fourth-order valence-electron chi connectivity index (χ4n) is 2.02. The Morgan fingerprint density at radius 1 is 1.26 bits per heavy atom. The van der Waals surface area contributed by atoms with Gasteiger partial charge >= 0.3 is 0 Å². The van der Waals surface area contributed by atoms with Crippen LogP contribution in [0.3, 0.4) is 0 Å². The Hall–Kier alpha value is -2.18. The SMILES string of the molecule is Cc1ccccc1OCCNC(=O)c1cnc(-c2cccs2)s1. The summed E-state index contributed by atoms with van der Waals surface area (Å²) in [7, 11) is 0. The third-order valence-electron chi connectivity index (χ3n) is 3.20. The Bertz CT molecular complexity index is 782. The van der Waals surface area contributed by atoms with Gasteiger partial charge in [0, 0.05) is 0 Å². The lowest BCUT2D eigenvalue weighted by atomic mass is 10.2. The van der Waals surface area contributed by atoms with Crippen molar-refractivity contribution in [2.24, 2.45) is 0 Å². The molecule has 0 aliphatic rings. The van der Waals surface area contributed by atoms with Gasteiger partial charge in [0.05, 0.1) is 17.6 Å². The highest BCUT2D eigenvalue weighted by Gasteiger charge is 2.11. The Labute approximate surface area is 142 Å². The molecule has 1 amide bonds. The molecule has 0 bridgehead atoms. The van der Waals surface area contributed by atoms with Gasteiger partial charge in [-0.3, -0.25) is 4.79 Å². The number of carbonyl (C=O) groups is 1. The summed E-state index contributed by atoms with van der Waals surface area (Å²) in [5.41, 5.74) is 1.09. The number of aryl methyl sites for hydroxylation is 1. The van der Waals surface area contributed by atoms with Crippen LogP contribution in [-0.4, -0.2) is 24.0 Å². The van der Waals surface area contributed by atoms with Gasteiger partial charge < -0.3 is 10.1 Å². The predicted octanol–water partition coefficient (Wildman–Crippen LogP) is 3.99. The predicted molar refractivity (Wildman–Crippen MR) is 94.4 cm³/mol. The summed E-state index contributed by atoms with van der Waals surface area (Å²) in [6, 6.07) is 11.8. The van der Waals surface area contributed by atoms with Crippen LogP contribution in [0.1, 0.15) is 15.2 Å². The molecule has 3 rings (SSSR count). The van der Waals surface area contributed by atoms with Gasteiger partial charge in [-0.1, -0.05) is 24.3 Å². The van der Waals surface area contributed by atoms with Crippen LogP contribution < -0.4 is 10.1 Å². The quantitative estimate of drug-likeness (QED) is 0.688. The first-order valence-corrected chi connectivity index (χ1v) is 8.90. The van der Waals surface area contributed by atoms with Crippen LogP contribution in [0, 0.1) is 6.92 Å². The van der Waals surface area contributed by atoms with Gasteiger partial charge in [0.15, 0.2) is 0 Å². The van der Waals surface area contributed by atoms with Gasteiger partial charge in [-0.25, -0.2) is 4.98 Å². The van der Waals surface area contributed by atoms with Crippen LogP contribution >= 0.6 is 22.7 Å². The summed E-state index contributed by atoms with van der Waals surface area (Å²) in [4.78, 5) is 18.1. The van der Waals surface area contributed by atoms with Gasteiger partial charge in [-0.15, -0.1) is 22.7 Å². The normalized spacial score (nSPS) is 10.5. The lowest BCUT2D eigenvalue weighted by Gasteiger charge is -2.09. The van der Waals surface area contributed by atoms with E-state index in [9.17, 15) is 4.79 Å². The molecule has 0 saturated heterocycles.